The third-order valence-corrected chi connectivity index (χ3v) is 8.93. The van der Waals surface area contributed by atoms with Crippen molar-refractivity contribution in [2.45, 2.75) is 56.7 Å². The standard InChI is InChI=1S/C32H38N6O7/c1-41-19-22-17-38(35-34-22)25-8-7-23-10-13-42-27-5-3-2-4-24(27)32(40)37-12-11-36(18-26(37)31(39)33-15-30(25)45-23)16-21-6-9-28-29(14-21)44-20-43-28/h2-6,9,14,17,23,25-26,30H,7-8,10-13,15-16,18-20H2,1H3,(H,33,39)/t23-,25+,26-,30+/m0/s1. The van der Waals surface area contributed by atoms with E-state index < -0.39 is 6.04 Å². The van der Waals surface area contributed by atoms with Crippen molar-refractivity contribution in [1.82, 2.24) is 30.1 Å². The Bertz CT molecular complexity index is 1530. The number of methoxy groups -OCH3 is 1. The topological polar surface area (TPSA) is 130 Å². The van der Waals surface area contributed by atoms with Crippen molar-refractivity contribution in [3.8, 4) is 17.2 Å². The van der Waals surface area contributed by atoms with Crippen LogP contribution in [0, 0.1) is 0 Å². The number of ether oxygens (including phenoxy) is 5. The lowest BCUT2D eigenvalue weighted by atomic mass is 9.96. The summed E-state index contributed by atoms with van der Waals surface area (Å²) in [5.74, 6) is 1.52. The van der Waals surface area contributed by atoms with Gasteiger partial charge in [-0.25, -0.2) is 4.68 Å². The molecule has 13 nitrogen and oxygen atoms in total. The molecular formula is C32H38N6O7. The second-order valence-corrected chi connectivity index (χ2v) is 11.9. The Balaban J connectivity index is 1.14. The molecule has 13 heteroatoms. The van der Waals surface area contributed by atoms with Crippen molar-refractivity contribution in [3.05, 3.63) is 65.5 Å². The van der Waals surface area contributed by atoms with E-state index in [1.807, 2.05) is 47.3 Å². The van der Waals surface area contributed by atoms with Crippen LogP contribution in [0.4, 0.5) is 0 Å². The lowest BCUT2D eigenvalue weighted by Gasteiger charge is -2.41. The Morgan fingerprint density at radius 2 is 1.89 bits per heavy atom. The molecule has 4 atom stereocenters. The van der Waals surface area contributed by atoms with E-state index in [0.29, 0.717) is 57.1 Å². The largest absolute Gasteiger partial charge is 0.493 e. The molecule has 7 rings (SSSR count). The average Bonchev–Trinajstić information content (AvgIpc) is 3.73. The molecule has 45 heavy (non-hydrogen) atoms. The van der Waals surface area contributed by atoms with E-state index in [0.717, 1.165) is 35.6 Å². The number of carbonyl (C=O) groups excluding carboxylic acids is 2. The molecule has 2 saturated heterocycles. The van der Waals surface area contributed by atoms with Crippen molar-refractivity contribution < 1.29 is 33.3 Å². The van der Waals surface area contributed by atoms with Gasteiger partial charge in [0.25, 0.3) is 5.91 Å². The van der Waals surface area contributed by atoms with Gasteiger partial charge in [0.1, 0.15) is 17.5 Å². The van der Waals surface area contributed by atoms with E-state index in [1.165, 1.54) is 0 Å². The van der Waals surface area contributed by atoms with Crippen LogP contribution in [0.25, 0.3) is 0 Å². The van der Waals surface area contributed by atoms with Crippen LogP contribution in [0.15, 0.2) is 48.7 Å². The molecule has 2 amide bonds. The molecule has 2 aromatic carbocycles. The van der Waals surface area contributed by atoms with Gasteiger partial charge in [-0.2, -0.15) is 0 Å². The first kappa shape index (κ1) is 29.5. The van der Waals surface area contributed by atoms with Crippen LogP contribution in [0.1, 0.15) is 46.9 Å². The van der Waals surface area contributed by atoms with E-state index in [1.54, 1.807) is 18.1 Å². The molecule has 2 fully saturated rings. The summed E-state index contributed by atoms with van der Waals surface area (Å²) >= 11 is 0. The third kappa shape index (κ3) is 6.33. The molecule has 4 aliphatic heterocycles. The summed E-state index contributed by atoms with van der Waals surface area (Å²) in [5.41, 5.74) is 2.23. The van der Waals surface area contributed by atoms with Gasteiger partial charge in [-0.3, -0.25) is 14.5 Å². The molecule has 4 aliphatic rings. The minimum absolute atomic E-state index is 0.0562. The lowest BCUT2D eigenvalue weighted by molar-refractivity contribution is -0.130. The molecule has 3 aromatic rings. The van der Waals surface area contributed by atoms with Crippen LogP contribution in [-0.4, -0.2) is 102 Å². The minimum Gasteiger partial charge on any atom is -0.493 e. The first-order valence-corrected chi connectivity index (χ1v) is 15.5. The fraction of sp³-hybridized carbons (Fsp3) is 0.500. The van der Waals surface area contributed by atoms with Crippen molar-refractivity contribution in [2.75, 3.05) is 46.7 Å². The molecule has 1 aromatic heterocycles. The second kappa shape index (κ2) is 13.0. The number of amides is 2. The molecule has 1 N–H and O–H groups in total. The maximum atomic E-state index is 14.0. The first-order valence-electron chi connectivity index (χ1n) is 15.5. The molecule has 0 unspecified atom stereocenters. The van der Waals surface area contributed by atoms with E-state index >= 15 is 0 Å². The highest BCUT2D eigenvalue weighted by Gasteiger charge is 2.39. The fourth-order valence-corrected chi connectivity index (χ4v) is 6.63. The zero-order valence-electron chi connectivity index (χ0n) is 25.3. The fourth-order valence-electron chi connectivity index (χ4n) is 6.63. The number of nitrogens with zero attached hydrogens (tertiary/aromatic N) is 5. The lowest BCUT2D eigenvalue weighted by Crippen LogP contribution is -2.61. The molecular weight excluding hydrogens is 580 g/mol. The number of aromatic nitrogens is 3. The van der Waals surface area contributed by atoms with E-state index in [4.69, 9.17) is 23.7 Å². The highest BCUT2D eigenvalue weighted by atomic mass is 16.7. The van der Waals surface area contributed by atoms with Gasteiger partial charge in [0.2, 0.25) is 12.7 Å². The van der Waals surface area contributed by atoms with Gasteiger partial charge < -0.3 is 33.9 Å². The number of carbonyl (C=O) groups is 2. The predicted molar refractivity (Wildman–Crippen MR) is 160 cm³/mol. The van der Waals surface area contributed by atoms with Crippen molar-refractivity contribution in [2.24, 2.45) is 0 Å². The molecule has 0 spiro atoms. The van der Waals surface area contributed by atoms with Crippen LogP contribution in [0.3, 0.4) is 0 Å². The van der Waals surface area contributed by atoms with Crippen LogP contribution >= 0.6 is 0 Å². The van der Waals surface area contributed by atoms with Gasteiger partial charge in [-0.1, -0.05) is 23.4 Å². The number of benzene rings is 2. The maximum Gasteiger partial charge on any atom is 0.258 e. The Labute approximate surface area is 261 Å². The van der Waals surface area contributed by atoms with E-state index in [2.05, 4.69) is 20.5 Å². The quantitative estimate of drug-likeness (QED) is 0.454. The van der Waals surface area contributed by atoms with Gasteiger partial charge >= 0.3 is 0 Å². The smallest absolute Gasteiger partial charge is 0.258 e. The van der Waals surface area contributed by atoms with Gasteiger partial charge in [-0.15, -0.1) is 5.10 Å². The Hall–Kier alpha value is -4.20. The zero-order valence-corrected chi connectivity index (χ0v) is 25.3. The van der Waals surface area contributed by atoms with E-state index in [-0.39, 0.29) is 43.4 Å². The zero-order chi connectivity index (χ0) is 30.8. The summed E-state index contributed by atoms with van der Waals surface area (Å²) < 4.78 is 30.8. The SMILES string of the molecule is COCc1cn([C@@H]2CC[C@H]3CCOc4ccccc4C(=O)N4CCN(Cc5ccc6c(c5)OCO6)C[C@H]4C(=O)NC[C@H]2O3)nn1. The summed E-state index contributed by atoms with van der Waals surface area (Å²) in [6.45, 7) is 3.24. The number of para-hydroxylation sites is 1. The molecule has 2 bridgehead atoms. The van der Waals surface area contributed by atoms with Crippen molar-refractivity contribution in [3.63, 3.8) is 0 Å². The van der Waals surface area contributed by atoms with Crippen LogP contribution in [0.5, 0.6) is 17.2 Å². The highest BCUT2D eigenvalue weighted by molar-refractivity contribution is 6.00. The average molecular weight is 619 g/mol. The van der Waals surface area contributed by atoms with Crippen LogP contribution in [0.2, 0.25) is 0 Å². The van der Waals surface area contributed by atoms with E-state index in [9.17, 15) is 9.59 Å². The first-order chi connectivity index (χ1) is 22.1. The predicted octanol–water partition coefficient (Wildman–Crippen LogP) is 2.17. The van der Waals surface area contributed by atoms with Crippen LogP contribution < -0.4 is 19.5 Å². The summed E-state index contributed by atoms with van der Waals surface area (Å²) in [6, 6.07) is 12.3. The van der Waals surface area contributed by atoms with Crippen molar-refractivity contribution >= 4 is 11.8 Å². The number of hydrogen-bond donors (Lipinski definition) is 1. The minimum atomic E-state index is -0.714. The van der Waals surface area contributed by atoms with Gasteiger partial charge in [0.05, 0.1) is 43.2 Å². The normalized spacial score (nSPS) is 25.5. The number of hydrogen-bond acceptors (Lipinski definition) is 10. The number of rotatable bonds is 5. The Morgan fingerprint density at radius 3 is 2.80 bits per heavy atom. The summed E-state index contributed by atoms with van der Waals surface area (Å²) in [5, 5.41) is 11.7. The molecule has 5 heterocycles. The third-order valence-electron chi connectivity index (χ3n) is 8.93. The summed E-state index contributed by atoms with van der Waals surface area (Å²) in [6.07, 6.45) is 3.77. The monoisotopic (exact) mass is 618 g/mol. The maximum absolute atomic E-state index is 14.0. The summed E-state index contributed by atoms with van der Waals surface area (Å²) in [4.78, 5) is 31.9. The van der Waals surface area contributed by atoms with Gasteiger partial charge in [0, 0.05) is 46.3 Å². The Morgan fingerprint density at radius 1 is 1.00 bits per heavy atom. The van der Waals surface area contributed by atoms with Gasteiger partial charge in [-0.05, 0) is 42.7 Å². The number of fused-ring (bicyclic) bond motifs is 5. The molecule has 0 aliphatic carbocycles. The highest BCUT2D eigenvalue weighted by Crippen LogP contribution is 2.34. The Kier molecular flexibility index (Phi) is 8.55. The van der Waals surface area contributed by atoms with Crippen LogP contribution in [-0.2, 0) is 27.4 Å². The van der Waals surface area contributed by atoms with Crippen molar-refractivity contribution in [1.29, 1.82) is 0 Å². The summed E-state index contributed by atoms with van der Waals surface area (Å²) in [7, 11) is 1.62. The molecule has 238 valence electrons. The molecule has 0 saturated carbocycles. The number of piperazine rings is 1. The number of nitrogens with one attached hydrogen (secondary N) is 1. The molecule has 0 radical (unpaired) electrons. The second-order valence-electron chi connectivity index (χ2n) is 11.9. The van der Waals surface area contributed by atoms with Gasteiger partial charge in [0.15, 0.2) is 11.5 Å².